The zero-order chi connectivity index (χ0) is 10.6. The van der Waals surface area contributed by atoms with Gasteiger partial charge >= 0.3 is 0 Å². The lowest BCUT2D eigenvalue weighted by Crippen LogP contribution is -1.86. The lowest BCUT2D eigenvalue weighted by Gasteiger charge is -1.97. The Labute approximate surface area is 86.2 Å². The van der Waals surface area contributed by atoms with E-state index in [0.717, 1.165) is 6.07 Å². The van der Waals surface area contributed by atoms with Crippen LogP contribution in [0, 0.1) is 23.5 Å². The number of aromatic hydroxyl groups is 1. The minimum absolute atomic E-state index is 0.0886. The molecule has 0 aromatic heterocycles. The molecule has 0 unspecified atom stereocenters. The van der Waals surface area contributed by atoms with E-state index in [1.165, 1.54) is 0 Å². The number of thiol groups is 1. The van der Waals surface area contributed by atoms with Crippen LogP contribution >= 0.6 is 12.6 Å². The van der Waals surface area contributed by atoms with Crippen molar-refractivity contribution in [2.75, 3.05) is 5.75 Å². The smallest absolute Gasteiger partial charge is 0.162 e. The van der Waals surface area contributed by atoms with Crippen molar-refractivity contribution in [2.45, 2.75) is 6.42 Å². The van der Waals surface area contributed by atoms with Crippen molar-refractivity contribution in [2.24, 2.45) is 0 Å². The Kier molecular flexibility index (Phi) is 3.78. The molecule has 1 nitrogen and oxygen atoms in total. The number of halogens is 2. The second kappa shape index (κ2) is 4.87. The average molecular weight is 214 g/mol. The zero-order valence-corrected chi connectivity index (χ0v) is 8.11. The van der Waals surface area contributed by atoms with E-state index in [4.69, 9.17) is 0 Å². The van der Waals surface area contributed by atoms with E-state index in [1.54, 1.807) is 0 Å². The molecule has 4 heteroatoms. The molecule has 0 saturated carbocycles. The highest BCUT2D eigenvalue weighted by molar-refractivity contribution is 7.80. The number of hydrogen-bond acceptors (Lipinski definition) is 2. The van der Waals surface area contributed by atoms with Crippen molar-refractivity contribution >= 4 is 12.6 Å². The molecule has 0 heterocycles. The monoisotopic (exact) mass is 214 g/mol. The summed E-state index contributed by atoms with van der Waals surface area (Å²) >= 11 is 3.93. The molecule has 1 aromatic carbocycles. The summed E-state index contributed by atoms with van der Waals surface area (Å²) in [5.74, 6) is 3.32. The standard InChI is InChI=1S/C10H8F2OS/c11-8-5-7(3-1-2-4-14)10(13)6-9(8)12/h5-6,13-14H,2,4H2. The largest absolute Gasteiger partial charge is 0.507 e. The van der Waals surface area contributed by atoms with Gasteiger partial charge in [-0.15, -0.1) is 0 Å². The summed E-state index contributed by atoms with van der Waals surface area (Å²) in [5, 5.41) is 9.19. The molecule has 0 spiro atoms. The maximum atomic E-state index is 12.7. The Morgan fingerprint density at radius 1 is 1.29 bits per heavy atom. The highest BCUT2D eigenvalue weighted by atomic mass is 32.1. The molecule has 0 radical (unpaired) electrons. The van der Waals surface area contributed by atoms with Crippen LogP contribution in [0.2, 0.25) is 0 Å². The van der Waals surface area contributed by atoms with Gasteiger partial charge in [0.05, 0.1) is 5.56 Å². The number of rotatable bonds is 1. The molecule has 0 atom stereocenters. The van der Waals surface area contributed by atoms with Crippen molar-refractivity contribution in [1.29, 1.82) is 0 Å². The van der Waals surface area contributed by atoms with E-state index < -0.39 is 11.6 Å². The Hall–Kier alpha value is -1.21. The van der Waals surface area contributed by atoms with Crippen molar-refractivity contribution in [3.8, 4) is 17.6 Å². The van der Waals surface area contributed by atoms with Gasteiger partial charge < -0.3 is 5.11 Å². The van der Waals surface area contributed by atoms with E-state index in [-0.39, 0.29) is 11.3 Å². The van der Waals surface area contributed by atoms with Crippen molar-refractivity contribution < 1.29 is 13.9 Å². The number of phenols is 1. The van der Waals surface area contributed by atoms with Crippen molar-refractivity contribution in [3.63, 3.8) is 0 Å². The van der Waals surface area contributed by atoms with Crippen LogP contribution in [0.1, 0.15) is 12.0 Å². The highest BCUT2D eigenvalue weighted by Crippen LogP contribution is 2.19. The first-order valence-electron chi connectivity index (χ1n) is 3.93. The maximum absolute atomic E-state index is 12.7. The quantitative estimate of drug-likeness (QED) is 0.543. The topological polar surface area (TPSA) is 20.2 Å². The summed E-state index contributed by atoms with van der Waals surface area (Å²) in [4.78, 5) is 0. The Morgan fingerprint density at radius 2 is 1.93 bits per heavy atom. The summed E-state index contributed by atoms with van der Waals surface area (Å²) in [6.45, 7) is 0. The second-order valence-corrected chi connectivity index (χ2v) is 3.01. The van der Waals surface area contributed by atoms with Crippen LogP contribution < -0.4 is 0 Å². The Balaban J connectivity index is 3.00. The number of phenolic OH excluding ortho intramolecular Hbond substituents is 1. The van der Waals surface area contributed by atoms with Crippen LogP contribution in [0.5, 0.6) is 5.75 Å². The molecule has 0 amide bonds. The van der Waals surface area contributed by atoms with E-state index in [1.807, 2.05) is 0 Å². The minimum atomic E-state index is -1.08. The fourth-order valence-corrected chi connectivity index (χ4v) is 0.962. The van der Waals surface area contributed by atoms with Crippen LogP contribution in [0.4, 0.5) is 8.78 Å². The molecule has 14 heavy (non-hydrogen) atoms. The molecule has 0 bridgehead atoms. The first-order chi connectivity index (χ1) is 6.65. The molecule has 0 aliphatic carbocycles. The summed E-state index contributed by atoms with van der Waals surface area (Å²) in [6, 6.07) is 1.58. The summed E-state index contributed by atoms with van der Waals surface area (Å²) in [7, 11) is 0. The van der Waals surface area contributed by atoms with Crippen molar-refractivity contribution in [1.82, 2.24) is 0 Å². The molecule has 74 valence electrons. The predicted molar refractivity (Wildman–Crippen MR) is 53.4 cm³/mol. The fourth-order valence-electron chi connectivity index (χ4n) is 0.850. The van der Waals surface area contributed by atoms with Crippen LogP contribution in [0.3, 0.4) is 0 Å². The molecule has 1 aromatic rings. The first-order valence-corrected chi connectivity index (χ1v) is 4.56. The molecule has 0 aliphatic heterocycles. The SMILES string of the molecule is Oc1cc(F)c(F)cc1C#CCCS. The van der Waals surface area contributed by atoms with E-state index in [9.17, 15) is 13.9 Å². The fraction of sp³-hybridized carbons (Fsp3) is 0.200. The predicted octanol–water partition coefficient (Wildman–Crippen LogP) is 2.34. The lowest BCUT2D eigenvalue weighted by molar-refractivity contribution is 0.453. The lowest BCUT2D eigenvalue weighted by atomic mass is 10.2. The van der Waals surface area contributed by atoms with Gasteiger partial charge in [-0.2, -0.15) is 12.6 Å². The van der Waals surface area contributed by atoms with Crippen LogP contribution in [-0.4, -0.2) is 10.9 Å². The normalized spacial score (nSPS) is 9.36. The third-order valence-electron chi connectivity index (χ3n) is 1.50. The minimum Gasteiger partial charge on any atom is -0.507 e. The average Bonchev–Trinajstić information content (AvgIpc) is 2.14. The van der Waals surface area contributed by atoms with Crippen LogP contribution in [-0.2, 0) is 0 Å². The van der Waals surface area contributed by atoms with Gasteiger partial charge in [-0.1, -0.05) is 11.8 Å². The van der Waals surface area contributed by atoms with Gasteiger partial charge in [0.25, 0.3) is 0 Å². The molecule has 0 aliphatic rings. The van der Waals surface area contributed by atoms with E-state index in [0.29, 0.717) is 18.2 Å². The molecule has 0 fully saturated rings. The summed E-state index contributed by atoms with van der Waals surface area (Å²) in [5.41, 5.74) is 0.0886. The molecular formula is C10H8F2OS. The molecule has 1 N–H and O–H groups in total. The van der Waals surface area contributed by atoms with Crippen LogP contribution in [0.25, 0.3) is 0 Å². The van der Waals surface area contributed by atoms with E-state index in [2.05, 4.69) is 24.5 Å². The van der Waals surface area contributed by atoms with Gasteiger partial charge in [0, 0.05) is 18.2 Å². The molecule has 1 rings (SSSR count). The van der Waals surface area contributed by atoms with Gasteiger partial charge in [0.15, 0.2) is 11.6 Å². The third kappa shape index (κ3) is 2.64. The number of benzene rings is 1. The molecular weight excluding hydrogens is 206 g/mol. The highest BCUT2D eigenvalue weighted by Gasteiger charge is 2.06. The summed E-state index contributed by atoms with van der Waals surface area (Å²) < 4.78 is 25.3. The summed E-state index contributed by atoms with van der Waals surface area (Å²) in [6.07, 6.45) is 0.529. The van der Waals surface area contributed by atoms with Gasteiger partial charge in [-0.3, -0.25) is 0 Å². The van der Waals surface area contributed by atoms with Crippen molar-refractivity contribution in [3.05, 3.63) is 29.3 Å². The Morgan fingerprint density at radius 3 is 2.57 bits per heavy atom. The van der Waals surface area contributed by atoms with Gasteiger partial charge in [-0.05, 0) is 6.07 Å². The number of hydrogen-bond donors (Lipinski definition) is 2. The molecule has 0 saturated heterocycles. The maximum Gasteiger partial charge on any atom is 0.162 e. The van der Waals surface area contributed by atoms with Crippen LogP contribution in [0.15, 0.2) is 12.1 Å². The van der Waals surface area contributed by atoms with Gasteiger partial charge in [0.1, 0.15) is 5.75 Å². The van der Waals surface area contributed by atoms with E-state index >= 15 is 0 Å². The Bertz CT molecular complexity index is 393. The first kappa shape index (κ1) is 10.9. The zero-order valence-electron chi connectivity index (χ0n) is 7.22. The second-order valence-electron chi connectivity index (χ2n) is 2.56. The van der Waals surface area contributed by atoms with Gasteiger partial charge in [-0.25, -0.2) is 8.78 Å². The third-order valence-corrected chi connectivity index (χ3v) is 1.72. The van der Waals surface area contributed by atoms with Gasteiger partial charge in [0.2, 0.25) is 0 Å².